The van der Waals surface area contributed by atoms with Crippen molar-refractivity contribution in [3.63, 3.8) is 0 Å². The number of nitrogens with zero attached hydrogens (tertiary/aromatic N) is 2. The van der Waals surface area contributed by atoms with Crippen LogP contribution in [0.4, 0.5) is 0 Å². The fourth-order valence-electron chi connectivity index (χ4n) is 3.14. The summed E-state index contributed by atoms with van der Waals surface area (Å²) in [4.78, 5) is 7.28. The van der Waals surface area contributed by atoms with E-state index in [9.17, 15) is 0 Å². The highest BCUT2D eigenvalue weighted by molar-refractivity contribution is 5.79. The van der Waals surface area contributed by atoms with Crippen LogP contribution in [0.1, 0.15) is 59.8 Å². The molecule has 1 saturated heterocycles. The molecule has 1 heterocycles. The van der Waals surface area contributed by atoms with E-state index in [1.165, 1.54) is 45.3 Å². The average molecular weight is 341 g/mol. The van der Waals surface area contributed by atoms with Crippen LogP contribution in [0.15, 0.2) is 4.99 Å². The summed E-state index contributed by atoms with van der Waals surface area (Å²) < 4.78 is 5.80. The zero-order valence-electron chi connectivity index (χ0n) is 16.4. The Kier molecular flexibility index (Phi) is 11.9. The Morgan fingerprint density at radius 2 is 1.88 bits per heavy atom. The number of guanidine groups is 1. The molecule has 0 aromatic rings. The van der Waals surface area contributed by atoms with E-state index in [4.69, 9.17) is 9.73 Å². The molecule has 2 N–H and O–H groups in total. The zero-order chi connectivity index (χ0) is 17.6. The molecule has 5 nitrogen and oxygen atoms in total. The van der Waals surface area contributed by atoms with E-state index in [0.717, 1.165) is 38.6 Å². The lowest BCUT2D eigenvalue weighted by Gasteiger charge is -2.21. The predicted molar refractivity (Wildman–Crippen MR) is 104 cm³/mol. The third-order valence-electron chi connectivity index (χ3n) is 4.54. The van der Waals surface area contributed by atoms with Crippen LogP contribution < -0.4 is 10.6 Å². The SMILES string of the molecule is CCNC(=NCCCCN1CCCC1)NCCC(OCC)C(C)C. The Balaban J connectivity index is 2.20. The zero-order valence-corrected chi connectivity index (χ0v) is 16.4. The molecule has 0 aromatic carbocycles. The second kappa shape index (κ2) is 13.5. The van der Waals surface area contributed by atoms with Crippen molar-refractivity contribution >= 4 is 5.96 Å². The lowest BCUT2D eigenvalue weighted by molar-refractivity contribution is 0.0258. The van der Waals surface area contributed by atoms with E-state index in [1.807, 2.05) is 0 Å². The van der Waals surface area contributed by atoms with Gasteiger partial charge in [-0.05, 0) is 71.5 Å². The molecule has 1 aliphatic heterocycles. The second-order valence-electron chi connectivity index (χ2n) is 6.97. The molecule has 1 atom stereocenters. The van der Waals surface area contributed by atoms with Crippen LogP contribution in [0.3, 0.4) is 0 Å². The first-order valence-corrected chi connectivity index (χ1v) is 10.0. The molecule has 0 amide bonds. The van der Waals surface area contributed by atoms with Gasteiger partial charge in [0.25, 0.3) is 0 Å². The van der Waals surface area contributed by atoms with Crippen LogP contribution in [0.2, 0.25) is 0 Å². The minimum atomic E-state index is 0.325. The summed E-state index contributed by atoms with van der Waals surface area (Å²) >= 11 is 0. The van der Waals surface area contributed by atoms with Gasteiger partial charge in [0.2, 0.25) is 0 Å². The Morgan fingerprint density at radius 1 is 1.12 bits per heavy atom. The van der Waals surface area contributed by atoms with E-state index in [0.29, 0.717) is 12.0 Å². The summed E-state index contributed by atoms with van der Waals surface area (Å²) in [5.74, 6) is 1.49. The molecular weight excluding hydrogens is 300 g/mol. The lowest BCUT2D eigenvalue weighted by Crippen LogP contribution is -2.39. The van der Waals surface area contributed by atoms with Gasteiger partial charge in [-0.2, -0.15) is 0 Å². The van der Waals surface area contributed by atoms with Crippen molar-refractivity contribution in [1.82, 2.24) is 15.5 Å². The Hall–Kier alpha value is -0.810. The largest absolute Gasteiger partial charge is 0.378 e. The van der Waals surface area contributed by atoms with Gasteiger partial charge in [-0.3, -0.25) is 4.99 Å². The second-order valence-corrected chi connectivity index (χ2v) is 6.97. The van der Waals surface area contributed by atoms with Crippen LogP contribution in [-0.4, -0.2) is 62.8 Å². The van der Waals surface area contributed by atoms with Crippen molar-refractivity contribution in [3.8, 4) is 0 Å². The van der Waals surface area contributed by atoms with Crippen LogP contribution >= 0.6 is 0 Å². The minimum Gasteiger partial charge on any atom is -0.378 e. The van der Waals surface area contributed by atoms with Gasteiger partial charge in [0.05, 0.1) is 6.10 Å². The molecule has 0 aliphatic carbocycles. The van der Waals surface area contributed by atoms with E-state index in [1.54, 1.807) is 0 Å². The van der Waals surface area contributed by atoms with E-state index < -0.39 is 0 Å². The standard InChI is InChI=1S/C19H40N4O/c1-5-20-19(22-13-11-18(17(3)4)24-6-2)21-12-7-8-14-23-15-9-10-16-23/h17-18H,5-16H2,1-4H3,(H2,20,21,22). The van der Waals surface area contributed by atoms with E-state index >= 15 is 0 Å². The maximum atomic E-state index is 5.80. The van der Waals surface area contributed by atoms with Gasteiger partial charge in [0.1, 0.15) is 0 Å². The quantitative estimate of drug-likeness (QED) is 0.326. The van der Waals surface area contributed by atoms with Gasteiger partial charge in [-0.1, -0.05) is 13.8 Å². The first-order chi connectivity index (χ1) is 11.7. The molecule has 0 bridgehead atoms. The Bertz CT molecular complexity index is 327. The molecule has 142 valence electrons. The number of ether oxygens (including phenoxy) is 1. The molecule has 1 rings (SSSR count). The van der Waals surface area contributed by atoms with E-state index in [2.05, 4.69) is 43.2 Å². The van der Waals surface area contributed by atoms with Gasteiger partial charge in [0.15, 0.2) is 5.96 Å². The van der Waals surface area contributed by atoms with Crippen LogP contribution in [0.25, 0.3) is 0 Å². The van der Waals surface area contributed by atoms with Crippen molar-refractivity contribution in [1.29, 1.82) is 0 Å². The van der Waals surface area contributed by atoms with Crippen LogP contribution in [0, 0.1) is 5.92 Å². The summed E-state index contributed by atoms with van der Waals surface area (Å²) in [6.07, 6.45) is 6.52. The highest BCUT2D eigenvalue weighted by Gasteiger charge is 2.13. The number of rotatable bonds is 12. The number of aliphatic imine (C=N–C) groups is 1. The fourth-order valence-corrected chi connectivity index (χ4v) is 3.14. The van der Waals surface area contributed by atoms with Crippen molar-refractivity contribution in [2.45, 2.75) is 65.9 Å². The number of nitrogens with one attached hydrogen (secondary N) is 2. The van der Waals surface area contributed by atoms with Crippen molar-refractivity contribution in [2.24, 2.45) is 10.9 Å². The molecule has 5 heteroatoms. The molecule has 0 spiro atoms. The molecule has 1 unspecified atom stereocenters. The summed E-state index contributed by atoms with van der Waals surface area (Å²) in [7, 11) is 0. The monoisotopic (exact) mass is 340 g/mol. The van der Waals surface area contributed by atoms with E-state index in [-0.39, 0.29) is 0 Å². The number of unbranched alkanes of at least 4 members (excludes halogenated alkanes) is 1. The van der Waals surface area contributed by atoms with Gasteiger partial charge >= 0.3 is 0 Å². The van der Waals surface area contributed by atoms with Crippen LogP contribution in [0.5, 0.6) is 0 Å². The molecule has 0 aromatic heterocycles. The highest BCUT2D eigenvalue weighted by atomic mass is 16.5. The van der Waals surface area contributed by atoms with Gasteiger partial charge in [-0.25, -0.2) is 0 Å². The minimum absolute atomic E-state index is 0.325. The first-order valence-electron chi connectivity index (χ1n) is 10.0. The highest BCUT2D eigenvalue weighted by Crippen LogP contribution is 2.10. The predicted octanol–water partition coefficient (Wildman–Crippen LogP) is 2.87. The maximum Gasteiger partial charge on any atom is 0.191 e. The Labute approximate surface area is 149 Å². The number of hydrogen-bond acceptors (Lipinski definition) is 3. The summed E-state index contributed by atoms with van der Waals surface area (Å²) in [6, 6.07) is 0. The van der Waals surface area contributed by atoms with Crippen molar-refractivity contribution in [3.05, 3.63) is 0 Å². The average Bonchev–Trinajstić information content (AvgIpc) is 3.06. The molecular formula is C19H40N4O. The third-order valence-corrected chi connectivity index (χ3v) is 4.54. The van der Waals surface area contributed by atoms with Crippen molar-refractivity contribution < 1.29 is 4.74 Å². The molecule has 24 heavy (non-hydrogen) atoms. The maximum absolute atomic E-state index is 5.80. The summed E-state index contributed by atoms with van der Waals surface area (Å²) in [6.45, 7) is 16.0. The Morgan fingerprint density at radius 3 is 2.50 bits per heavy atom. The molecule has 1 aliphatic rings. The van der Waals surface area contributed by atoms with Crippen LogP contribution in [-0.2, 0) is 4.74 Å². The molecule has 0 radical (unpaired) electrons. The first kappa shape index (κ1) is 21.2. The number of hydrogen-bond donors (Lipinski definition) is 2. The topological polar surface area (TPSA) is 48.9 Å². The molecule has 1 fully saturated rings. The smallest absolute Gasteiger partial charge is 0.191 e. The summed E-state index contributed by atoms with van der Waals surface area (Å²) in [5.41, 5.74) is 0. The van der Waals surface area contributed by atoms with Gasteiger partial charge < -0.3 is 20.3 Å². The molecule has 0 saturated carbocycles. The lowest BCUT2D eigenvalue weighted by atomic mass is 10.0. The summed E-state index contributed by atoms with van der Waals surface area (Å²) in [5, 5.41) is 6.78. The fraction of sp³-hybridized carbons (Fsp3) is 0.947. The third kappa shape index (κ3) is 9.48. The number of likely N-dealkylation sites (tertiary alicyclic amines) is 1. The van der Waals surface area contributed by atoms with Gasteiger partial charge in [0, 0.05) is 26.2 Å². The normalized spacial score (nSPS) is 17.5. The van der Waals surface area contributed by atoms with Gasteiger partial charge in [-0.15, -0.1) is 0 Å². The van der Waals surface area contributed by atoms with Crippen molar-refractivity contribution in [2.75, 3.05) is 45.9 Å².